The molecule has 0 spiro atoms. The van der Waals surface area contributed by atoms with Gasteiger partial charge in [0.15, 0.2) is 17.7 Å². The minimum Gasteiger partial charge on any atom is -0.394 e. The van der Waals surface area contributed by atoms with Crippen molar-refractivity contribution in [1.29, 1.82) is 0 Å². The van der Waals surface area contributed by atoms with Gasteiger partial charge < -0.3 is 25.8 Å². The fourth-order valence-electron chi connectivity index (χ4n) is 2.17. The van der Waals surface area contributed by atoms with Gasteiger partial charge in [0.1, 0.15) is 30.2 Å². The maximum absolute atomic E-state index is 9.95. The molecule has 9 nitrogen and oxygen atoms in total. The molecule has 2 aromatic rings. The van der Waals surface area contributed by atoms with Gasteiger partial charge in [0.2, 0.25) is 0 Å². The molecule has 0 aromatic carbocycles. The highest BCUT2D eigenvalue weighted by Crippen LogP contribution is 2.31. The number of aliphatic hydroxyl groups excluding tert-OH is 3. The zero-order valence-electron chi connectivity index (χ0n) is 10.2. The molecule has 10 heteroatoms. The first-order chi connectivity index (χ1) is 9.13. The molecule has 110 valence electrons. The van der Waals surface area contributed by atoms with Crippen molar-refractivity contribution >= 4 is 29.4 Å². The number of hydrogen-bond acceptors (Lipinski definition) is 8. The van der Waals surface area contributed by atoms with Crippen LogP contribution in [0.15, 0.2) is 12.7 Å². The van der Waals surface area contributed by atoms with Crippen LogP contribution in [0, 0.1) is 0 Å². The average Bonchev–Trinajstić information content (AvgIpc) is 2.94. The molecule has 1 saturated heterocycles. The van der Waals surface area contributed by atoms with Gasteiger partial charge in [0, 0.05) is 0 Å². The molecule has 1 fully saturated rings. The number of nitrogens with two attached hydrogens (primary N) is 1. The topological polar surface area (TPSA) is 140 Å². The molecular weight excluding hydrogens is 290 g/mol. The van der Waals surface area contributed by atoms with Gasteiger partial charge in [0.25, 0.3) is 0 Å². The van der Waals surface area contributed by atoms with E-state index in [1.807, 2.05) is 0 Å². The van der Waals surface area contributed by atoms with Crippen LogP contribution in [0.25, 0.3) is 11.2 Å². The van der Waals surface area contributed by atoms with E-state index in [-0.39, 0.29) is 18.2 Å². The summed E-state index contributed by atoms with van der Waals surface area (Å²) in [4.78, 5) is 11.9. The van der Waals surface area contributed by atoms with Crippen LogP contribution in [0.4, 0.5) is 5.82 Å². The van der Waals surface area contributed by atoms with Crippen molar-refractivity contribution in [2.45, 2.75) is 24.5 Å². The number of fused-ring (bicyclic) bond motifs is 1. The molecule has 1 aliphatic heterocycles. The van der Waals surface area contributed by atoms with Crippen molar-refractivity contribution in [3.63, 3.8) is 0 Å². The normalized spacial score (nSPS) is 29.6. The summed E-state index contributed by atoms with van der Waals surface area (Å²) in [5, 5.41) is 28.7. The van der Waals surface area contributed by atoms with E-state index >= 15 is 0 Å². The lowest BCUT2D eigenvalue weighted by Gasteiger charge is -2.16. The van der Waals surface area contributed by atoms with Gasteiger partial charge in [-0.05, 0) is 0 Å². The second-order valence-electron chi connectivity index (χ2n) is 4.31. The number of anilines is 1. The Morgan fingerprint density at radius 1 is 1.25 bits per heavy atom. The minimum atomic E-state index is -1.19. The molecule has 1 aliphatic rings. The minimum absolute atomic E-state index is 0. The van der Waals surface area contributed by atoms with Crippen molar-refractivity contribution in [3.05, 3.63) is 12.7 Å². The molecule has 20 heavy (non-hydrogen) atoms. The third-order valence-electron chi connectivity index (χ3n) is 3.18. The highest BCUT2D eigenvalue weighted by atomic mass is 35.5. The number of ether oxygens (including phenoxy) is 1. The highest BCUT2D eigenvalue weighted by Gasteiger charge is 2.43. The molecule has 4 atom stereocenters. The quantitative estimate of drug-likeness (QED) is 0.522. The average molecular weight is 304 g/mol. The van der Waals surface area contributed by atoms with E-state index in [1.54, 1.807) is 0 Å². The van der Waals surface area contributed by atoms with E-state index in [0.717, 1.165) is 0 Å². The van der Waals surface area contributed by atoms with E-state index in [2.05, 4.69) is 15.0 Å². The number of aliphatic hydroxyl groups is 3. The smallest absolute Gasteiger partial charge is 0.167 e. The number of imidazole rings is 1. The maximum atomic E-state index is 9.95. The summed E-state index contributed by atoms with van der Waals surface area (Å²) >= 11 is 0. The van der Waals surface area contributed by atoms with Crippen LogP contribution >= 0.6 is 12.4 Å². The van der Waals surface area contributed by atoms with Gasteiger partial charge in [-0.15, -0.1) is 12.4 Å². The van der Waals surface area contributed by atoms with E-state index < -0.39 is 31.1 Å². The van der Waals surface area contributed by atoms with Gasteiger partial charge in [-0.1, -0.05) is 0 Å². The predicted molar refractivity (Wildman–Crippen MR) is 70.0 cm³/mol. The van der Waals surface area contributed by atoms with E-state index in [4.69, 9.17) is 15.6 Å². The van der Waals surface area contributed by atoms with Crippen LogP contribution in [0.3, 0.4) is 0 Å². The summed E-state index contributed by atoms with van der Waals surface area (Å²) in [6.45, 7) is -0.390. The zero-order chi connectivity index (χ0) is 13.6. The molecular formula is C10H14ClN5O4. The SMILES string of the molecule is Cl.Nc1ncnc2c1ncn2[C@@H]1O[C@H](CO)[C@H](O)[C@@H]1O. The Balaban J connectivity index is 0.00000147. The Morgan fingerprint density at radius 3 is 2.65 bits per heavy atom. The van der Waals surface area contributed by atoms with Crippen molar-refractivity contribution < 1.29 is 20.1 Å². The standard InChI is InChI=1S/C10H13N5O4.ClH/c11-8-5-9(13-2-12-8)15(3-14-5)10-7(18)6(17)4(1-16)19-10;/h2-4,6-7,10,16-18H,1H2,(H2,11,12,13);1H/t4-,6+,7+,10-;/m1./s1. The van der Waals surface area contributed by atoms with Crippen LogP contribution in [0.1, 0.15) is 6.23 Å². The van der Waals surface area contributed by atoms with E-state index in [0.29, 0.717) is 11.2 Å². The molecule has 0 unspecified atom stereocenters. The summed E-state index contributed by atoms with van der Waals surface area (Å²) in [6.07, 6.45) is -1.42. The third-order valence-corrected chi connectivity index (χ3v) is 3.18. The molecule has 0 bridgehead atoms. The Labute approximate surface area is 119 Å². The number of nitrogen functional groups attached to an aromatic ring is 1. The highest BCUT2D eigenvalue weighted by molar-refractivity contribution is 5.85. The zero-order valence-corrected chi connectivity index (χ0v) is 11.0. The van der Waals surface area contributed by atoms with Crippen LogP contribution in [-0.4, -0.2) is 59.8 Å². The maximum Gasteiger partial charge on any atom is 0.167 e. The Bertz CT molecular complexity index is 608. The summed E-state index contributed by atoms with van der Waals surface area (Å²) in [7, 11) is 0. The first kappa shape index (κ1) is 14.9. The van der Waals surface area contributed by atoms with Crippen molar-refractivity contribution in [1.82, 2.24) is 19.5 Å². The van der Waals surface area contributed by atoms with Crippen molar-refractivity contribution in [2.24, 2.45) is 0 Å². The Hall–Kier alpha value is -1.52. The number of halogens is 1. The summed E-state index contributed by atoms with van der Waals surface area (Å²) < 4.78 is 6.85. The first-order valence-corrected chi connectivity index (χ1v) is 5.69. The molecule has 3 heterocycles. The van der Waals surface area contributed by atoms with Crippen molar-refractivity contribution in [2.75, 3.05) is 12.3 Å². The molecule has 0 saturated carbocycles. The van der Waals surface area contributed by atoms with Crippen molar-refractivity contribution in [3.8, 4) is 0 Å². The van der Waals surface area contributed by atoms with Crippen LogP contribution < -0.4 is 5.73 Å². The van der Waals surface area contributed by atoms with Gasteiger partial charge in [0.05, 0.1) is 12.9 Å². The summed E-state index contributed by atoms with van der Waals surface area (Å²) in [6, 6.07) is 0. The number of nitrogens with zero attached hydrogens (tertiary/aromatic N) is 4. The van der Waals surface area contributed by atoms with Crippen LogP contribution in [-0.2, 0) is 4.74 Å². The molecule has 3 rings (SSSR count). The molecule has 0 aliphatic carbocycles. The van der Waals surface area contributed by atoms with Gasteiger partial charge in [-0.25, -0.2) is 15.0 Å². The number of hydrogen-bond donors (Lipinski definition) is 4. The lowest BCUT2D eigenvalue weighted by molar-refractivity contribution is -0.0511. The molecule has 5 N–H and O–H groups in total. The van der Waals surface area contributed by atoms with Gasteiger partial charge in [-0.2, -0.15) is 0 Å². The number of rotatable bonds is 2. The predicted octanol–water partition coefficient (Wildman–Crippen LogP) is -1.56. The lowest BCUT2D eigenvalue weighted by atomic mass is 10.1. The summed E-state index contributed by atoms with van der Waals surface area (Å²) in [5.41, 5.74) is 6.44. The monoisotopic (exact) mass is 303 g/mol. The fraction of sp³-hybridized carbons (Fsp3) is 0.500. The van der Waals surface area contributed by atoms with E-state index in [9.17, 15) is 10.2 Å². The Kier molecular flexibility index (Phi) is 4.06. The van der Waals surface area contributed by atoms with Gasteiger partial charge in [-0.3, -0.25) is 4.57 Å². The van der Waals surface area contributed by atoms with E-state index in [1.165, 1.54) is 17.2 Å². The van der Waals surface area contributed by atoms with Crippen LogP contribution in [0.5, 0.6) is 0 Å². The molecule has 0 radical (unpaired) electrons. The second kappa shape index (κ2) is 5.46. The molecule has 2 aromatic heterocycles. The second-order valence-corrected chi connectivity index (χ2v) is 4.31. The lowest BCUT2D eigenvalue weighted by Crippen LogP contribution is -2.33. The third kappa shape index (κ3) is 2.09. The summed E-state index contributed by atoms with van der Waals surface area (Å²) in [5.74, 6) is 0.218. The first-order valence-electron chi connectivity index (χ1n) is 5.69. The van der Waals surface area contributed by atoms with Gasteiger partial charge >= 0.3 is 0 Å². The number of aromatic nitrogens is 4. The fourth-order valence-corrected chi connectivity index (χ4v) is 2.17. The van der Waals surface area contributed by atoms with Crippen LogP contribution in [0.2, 0.25) is 0 Å². The molecule has 0 amide bonds. The Morgan fingerprint density at radius 2 is 2.00 bits per heavy atom. The largest absolute Gasteiger partial charge is 0.394 e.